The molecule has 0 bridgehead atoms. The van der Waals surface area contributed by atoms with Crippen molar-refractivity contribution < 1.29 is 4.39 Å². The van der Waals surface area contributed by atoms with E-state index in [2.05, 4.69) is 5.32 Å². The Balaban J connectivity index is 1.82. The second-order valence-electron chi connectivity index (χ2n) is 4.86. The van der Waals surface area contributed by atoms with E-state index < -0.39 is 0 Å². The molecule has 3 heteroatoms. The smallest absolute Gasteiger partial charge is 0.123 e. The van der Waals surface area contributed by atoms with E-state index in [9.17, 15) is 4.39 Å². The van der Waals surface area contributed by atoms with Crippen LogP contribution in [-0.2, 0) is 6.42 Å². The molecule has 1 N–H and O–H groups in total. The van der Waals surface area contributed by atoms with E-state index in [1.165, 1.54) is 18.9 Å². The summed E-state index contributed by atoms with van der Waals surface area (Å²) >= 11 is 6.04. The van der Waals surface area contributed by atoms with Crippen LogP contribution >= 0.6 is 11.6 Å². The number of nitrogens with one attached hydrogen (secondary N) is 1. The number of hydrogen-bond acceptors (Lipinski definition) is 1. The van der Waals surface area contributed by atoms with E-state index in [-0.39, 0.29) is 5.82 Å². The van der Waals surface area contributed by atoms with Gasteiger partial charge in [0.05, 0.1) is 0 Å². The van der Waals surface area contributed by atoms with Crippen molar-refractivity contribution in [3.63, 3.8) is 0 Å². The van der Waals surface area contributed by atoms with E-state index in [1.807, 2.05) is 7.05 Å². The molecule has 94 valence electrons. The first kappa shape index (κ1) is 12.8. The maximum absolute atomic E-state index is 13.1. The van der Waals surface area contributed by atoms with Gasteiger partial charge in [0.2, 0.25) is 0 Å². The molecule has 0 saturated heterocycles. The average molecular weight is 256 g/mol. The molecule has 1 aliphatic carbocycles. The van der Waals surface area contributed by atoms with Gasteiger partial charge in [0, 0.05) is 11.1 Å². The second kappa shape index (κ2) is 5.83. The van der Waals surface area contributed by atoms with Crippen molar-refractivity contribution in [1.29, 1.82) is 0 Å². The van der Waals surface area contributed by atoms with Crippen molar-refractivity contribution in [2.45, 2.75) is 38.1 Å². The molecular weight excluding hydrogens is 237 g/mol. The van der Waals surface area contributed by atoms with Crippen LogP contribution in [0.1, 0.15) is 31.2 Å². The highest BCUT2D eigenvalue weighted by molar-refractivity contribution is 6.31. The number of rotatable bonds is 6. The largest absolute Gasteiger partial charge is 0.317 e. The van der Waals surface area contributed by atoms with Gasteiger partial charge < -0.3 is 5.32 Å². The zero-order valence-corrected chi connectivity index (χ0v) is 10.9. The van der Waals surface area contributed by atoms with Gasteiger partial charge in [-0.05, 0) is 68.8 Å². The van der Waals surface area contributed by atoms with Crippen molar-refractivity contribution in [3.8, 4) is 0 Å². The molecule has 0 amide bonds. The molecule has 1 aliphatic rings. The summed E-state index contributed by atoms with van der Waals surface area (Å²) in [5, 5.41) is 4.05. The Labute approximate surface area is 107 Å². The van der Waals surface area contributed by atoms with Gasteiger partial charge >= 0.3 is 0 Å². The molecule has 2 rings (SSSR count). The Kier molecular flexibility index (Phi) is 4.41. The van der Waals surface area contributed by atoms with Crippen LogP contribution in [0.25, 0.3) is 0 Å². The average Bonchev–Trinajstić information content (AvgIpc) is 3.13. The molecule has 0 aliphatic heterocycles. The first-order valence-corrected chi connectivity index (χ1v) is 6.69. The van der Waals surface area contributed by atoms with Crippen LogP contribution in [0.2, 0.25) is 5.02 Å². The molecule has 1 unspecified atom stereocenters. The third-order valence-electron chi connectivity index (χ3n) is 3.53. The SMILES string of the molecule is CNC(CCCc1cc(F)ccc1Cl)C1CC1. The molecule has 0 aromatic heterocycles. The summed E-state index contributed by atoms with van der Waals surface area (Å²) in [4.78, 5) is 0. The van der Waals surface area contributed by atoms with E-state index in [4.69, 9.17) is 11.6 Å². The maximum atomic E-state index is 13.1. The summed E-state index contributed by atoms with van der Waals surface area (Å²) < 4.78 is 13.1. The summed E-state index contributed by atoms with van der Waals surface area (Å²) in [6, 6.07) is 5.23. The molecular formula is C14H19ClFN. The highest BCUT2D eigenvalue weighted by atomic mass is 35.5. The number of halogens is 2. The zero-order chi connectivity index (χ0) is 12.3. The molecule has 1 aromatic rings. The van der Waals surface area contributed by atoms with E-state index in [1.54, 1.807) is 12.1 Å². The van der Waals surface area contributed by atoms with Crippen molar-refractivity contribution in [2.24, 2.45) is 5.92 Å². The van der Waals surface area contributed by atoms with Gasteiger partial charge in [0.1, 0.15) is 5.82 Å². The van der Waals surface area contributed by atoms with E-state index in [0.717, 1.165) is 30.7 Å². The predicted octanol–water partition coefficient (Wildman–Crippen LogP) is 3.80. The number of aryl methyl sites for hydroxylation is 1. The zero-order valence-electron chi connectivity index (χ0n) is 10.2. The van der Waals surface area contributed by atoms with Crippen molar-refractivity contribution in [2.75, 3.05) is 7.05 Å². The maximum Gasteiger partial charge on any atom is 0.123 e. The molecule has 0 heterocycles. The standard InChI is InChI=1S/C14H19ClFN/c1-17-14(10-5-6-10)4-2-3-11-9-12(16)7-8-13(11)15/h7-10,14,17H,2-6H2,1H3. The van der Waals surface area contributed by atoms with Crippen molar-refractivity contribution in [1.82, 2.24) is 5.32 Å². The van der Waals surface area contributed by atoms with Gasteiger partial charge in [0.15, 0.2) is 0 Å². The molecule has 1 atom stereocenters. The Morgan fingerprint density at radius 1 is 1.47 bits per heavy atom. The highest BCUT2D eigenvalue weighted by Gasteiger charge is 2.29. The topological polar surface area (TPSA) is 12.0 Å². The minimum absolute atomic E-state index is 0.197. The van der Waals surface area contributed by atoms with Crippen molar-refractivity contribution >= 4 is 11.6 Å². The fraction of sp³-hybridized carbons (Fsp3) is 0.571. The molecule has 1 aromatic carbocycles. The molecule has 1 nitrogen and oxygen atoms in total. The molecule has 1 fully saturated rings. The van der Waals surface area contributed by atoms with Crippen LogP contribution < -0.4 is 5.32 Å². The van der Waals surface area contributed by atoms with Crippen LogP contribution in [0.5, 0.6) is 0 Å². The summed E-state index contributed by atoms with van der Waals surface area (Å²) in [7, 11) is 2.03. The predicted molar refractivity (Wildman–Crippen MR) is 69.9 cm³/mol. The lowest BCUT2D eigenvalue weighted by Crippen LogP contribution is -2.27. The van der Waals surface area contributed by atoms with Gasteiger partial charge in [-0.2, -0.15) is 0 Å². The van der Waals surface area contributed by atoms with E-state index >= 15 is 0 Å². The summed E-state index contributed by atoms with van der Waals surface area (Å²) in [6.07, 6.45) is 5.78. The number of benzene rings is 1. The second-order valence-corrected chi connectivity index (χ2v) is 5.27. The van der Waals surface area contributed by atoms with Gasteiger partial charge in [-0.3, -0.25) is 0 Å². The van der Waals surface area contributed by atoms with Gasteiger partial charge in [0.25, 0.3) is 0 Å². The third kappa shape index (κ3) is 3.68. The summed E-state index contributed by atoms with van der Waals surface area (Å²) in [5.41, 5.74) is 0.928. The lowest BCUT2D eigenvalue weighted by molar-refractivity contribution is 0.456. The fourth-order valence-corrected chi connectivity index (χ4v) is 2.57. The normalized spacial score (nSPS) is 17.1. The quantitative estimate of drug-likeness (QED) is 0.815. The van der Waals surface area contributed by atoms with Crippen molar-refractivity contribution in [3.05, 3.63) is 34.6 Å². The molecule has 17 heavy (non-hydrogen) atoms. The monoisotopic (exact) mass is 255 g/mol. The number of hydrogen-bond donors (Lipinski definition) is 1. The highest BCUT2D eigenvalue weighted by Crippen LogP contribution is 2.34. The molecule has 1 saturated carbocycles. The molecule has 0 radical (unpaired) electrons. The first-order valence-electron chi connectivity index (χ1n) is 6.32. The summed E-state index contributed by atoms with van der Waals surface area (Å²) in [5.74, 6) is 0.666. The Morgan fingerprint density at radius 3 is 2.88 bits per heavy atom. The van der Waals surface area contributed by atoms with Gasteiger partial charge in [-0.1, -0.05) is 11.6 Å². The van der Waals surface area contributed by atoms with Crippen LogP contribution in [0.15, 0.2) is 18.2 Å². The fourth-order valence-electron chi connectivity index (χ4n) is 2.36. The van der Waals surface area contributed by atoms with Gasteiger partial charge in [-0.25, -0.2) is 4.39 Å². The minimum atomic E-state index is -0.197. The minimum Gasteiger partial charge on any atom is -0.317 e. The lowest BCUT2D eigenvalue weighted by atomic mass is 10.0. The lowest BCUT2D eigenvalue weighted by Gasteiger charge is -2.15. The Hall–Kier alpha value is -0.600. The van der Waals surface area contributed by atoms with Gasteiger partial charge in [-0.15, -0.1) is 0 Å². The Bertz CT molecular complexity index is 376. The van der Waals surface area contributed by atoms with E-state index in [0.29, 0.717) is 11.1 Å². The first-order chi connectivity index (χ1) is 8.20. The summed E-state index contributed by atoms with van der Waals surface area (Å²) in [6.45, 7) is 0. The van der Waals surface area contributed by atoms with Crippen LogP contribution in [0.3, 0.4) is 0 Å². The van der Waals surface area contributed by atoms with Crippen LogP contribution in [0, 0.1) is 11.7 Å². The Morgan fingerprint density at radius 2 is 2.24 bits per heavy atom. The third-order valence-corrected chi connectivity index (χ3v) is 3.90. The van der Waals surface area contributed by atoms with Crippen LogP contribution in [-0.4, -0.2) is 13.1 Å². The van der Waals surface area contributed by atoms with Crippen LogP contribution in [0.4, 0.5) is 4.39 Å². The molecule has 0 spiro atoms.